The van der Waals surface area contributed by atoms with Gasteiger partial charge in [-0.2, -0.15) is 0 Å². The second kappa shape index (κ2) is 3.98. The normalized spacial score (nSPS) is 27.8. The number of likely N-dealkylation sites (tertiary alicyclic amines) is 1. The Morgan fingerprint density at radius 3 is 2.79 bits per heavy atom. The SMILES string of the molecule is C[C@@H](Cl)C(=O)N1CC(F)(F)C[C@H]1CO. The molecule has 0 aliphatic carbocycles. The van der Waals surface area contributed by atoms with Gasteiger partial charge in [0.05, 0.1) is 19.2 Å². The zero-order chi connectivity index (χ0) is 10.9. The first-order valence-electron chi connectivity index (χ1n) is 4.30. The number of aliphatic hydroxyl groups excluding tert-OH is 1. The van der Waals surface area contributed by atoms with E-state index >= 15 is 0 Å². The van der Waals surface area contributed by atoms with E-state index in [9.17, 15) is 13.6 Å². The number of nitrogens with zero attached hydrogens (tertiary/aromatic N) is 1. The largest absolute Gasteiger partial charge is 0.394 e. The minimum atomic E-state index is -2.91. The van der Waals surface area contributed by atoms with Crippen LogP contribution >= 0.6 is 11.6 Å². The third kappa shape index (κ3) is 2.33. The van der Waals surface area contributed by atoms with Crippen molar-refractivity contribution in [3.63, 3.8) is 0 Å². The molecule has 0 bridgehead atoms. The van der Waals surface area contributed by atoms with Crippen LogP contribution in [-0.4, -0.2) is 46.4 Å². The van der Waals surface area contributed by atoms with Crippen molar-refractivity contribution in [3.8, 4) is 0 Å². The number of rotatable bonds is 2. The highest BCUT2D eigenvalue weighted by molar-refractivity contribution is 6.30. The van der Waals surface area contributed by atoms with Crippen molar-refractivity contribution in [2.75, 3.05) is 13.2 Å². The number of halogens is 3. The molecule has 1 aliphatic rings. The van der Waals surface area contributed by atoms with Gasteiger partial charge in [0.2, 0.25) is 5.91 Å². The third-order valence-electron chi connectivity index (χ3n) is 2.21. The van der Waals surface area contributed by atoms with Gasteiger partial charge in [-0.15, -0.1) is 11.6 Å². The number of hydrogen-bond donors (Lipinski definition) is 1. The van der Waals surface area contributed by atoms with Gasteiger partial charge in [0.15, 0.2) is 0 Å². The lowest BCUT2D eigenvalue weighted by Gasteiger charge is -2.23. The van der Waals surface area contributed by atoms with Crippen LogP contribution in [0.4, 0.5) is 8.78 Å². The molecule has 2 atom stereocenters. The Balaban J connectivity index is 2.73. The smallest absolute Gasteiger partial charge is 0.267 e. The molecule has 1 N–H and O–H groups in total. The summed E-state index contributed by atoms with van der Waals surface area (Å²) in [6, 6.07) is -0.807. The summed E-state index contributed by atoms with van der Waals surface area (Å²) in [7, 11) is 0. The standard InChI is InChI=1S/C8H12ClF2NO2/c1-5(9)7(14)12-4-8(10,11)2-6(12)3-13/h5-6,13H,2-4H2,1H3/t5-,6+/m1/s1. The maximum Gasteiger partial charge on any atom is 0.267 e. The zero-order valence-electron chi connectivity index (χ0n) is 7.71. The average molecular weight is 228 g/mol. The molecule has 1 heterocycles. The molecule has 1 rings (SSSR count). The summed E-state index contributed by atoms with van der Waals surface area (Å²) in [5, 5.41) is 7.99. The summed E-state index contributed by atoms with van der Waals surface area (Å²) in [4.78, 5) is 12.3. The lowest BCUT2D eigenvalue weighted by atomic mass is 10.2. The van der Waals surface area contributed by atoms with Crippen molar-refractivity contribution >= 4 is 17.5 Å². The molecule has 1 fully saturated rings. The fraction of sp³-hybridized carbons (Fsp3) is 0.875. The minimum Gasteiger partial charge on any atom is -0.394 e. The Labute approximate surface area is 85.6 Å². The molecule has 14 heavy (non-hydrogen) atoms. The first-order valence-corrected chi connectivity index (χ1v) is 4.74. The first-order chi connectivity index (χ1) is 6.37. The molecule has 6 heteroatoms. The van der Waals surface area contributed by atoms with Gasteiger partial charge < -0.3 is 10.0 Å². The minimum absolute atomic E-state index is 0.453. The fourth-order valence-corrected chi connectivity index (χ4v) is 1.67. The summed E-state index contributed by atoms with van der Waals surface area (Å²) in [5.74, 6) is -3.46. The van der Waals surface area contributed by atoms with Gasteiger partial charge in [-0.25, -0.2) is 8.78 Å². The summed E-state index contributed by atoms with van der Waals surface area (Å²) in [6.45, 7) is 0.327. The van der Waals surface area contributed by atoms with Crippen molar-refractivity contribution in [1.29, 1.82) is 0 Å². The van der Waals surface area contributed by atoms with Crippen LogP contribution in [0.2, 0.25) is 0 Å². The van der Waals surface area contributed by atoms with Gasteiger partial charge >= 0.3 is 0 Å². The molecular formula is C8H12ClF2NO2. The van der Waals surface area contributed by atoms with Gasteiger partial charge in [-0.3, -0.25) is 4.79 Å². The van der Waals surface area contributed by atoms with E-state index in [0.717, 1.165) is 4.90 Å². The van der Waals surface area contributed by atoms with E-state index in [4.69, 9.17) is 16.7 Å². The molecule has 0 radical (unpaired) electrons. The molecule has 0 aromatic heterocycles. The van der Waals surface area contributed by atoms with E-state index < -0.39 is 42.8 Å². The number of alkyl halides is 3. The Hall–Kier alpha value is -0.420. The van der Waals surface area contributed by atoms with E-state index in [2.05, 4.69) is 0 Å². The van der Waals surface area contributed by atoms with Gasteiger partial charge in [-0.1, -0.05) is 0 Å². The van der Waals surface area contributed by atoms with E-state index in [1.807, 2.05) is 0 Å². The van der Waals surface area contributed by atoms with Crippen LogP contribution in [0, 0.1) is 0 Å². The summed E-state index contributed by atoms with van der Waals surface area (Å²) >= 11 is 5.51. The van der Waals surface area contributed by atoms with Crippen LogP contribution in [0.25, 0.3) is 0 Å². The second-order valence-corrected chi connectivity index (χ2v) is 4.13. The lowest BCUT2D eigenvalue weighted by Crippen LogP contribution is -2.41. The van der Waals surface area contributed by atoms with E-state index in [-0.39, 0.29) is 0 Å². The molecule has 0 unspecified atom stereocenters. The van der Waals surface area contributed by atoms with E-state index in [1.165, 1.54) is 6.92 Å². The molecule has 3 nitrogen and oxygen atoms in total. The molecule has 0 spiro atoms. The third-order valence-corrected chi connectivity index (χ3v) is 2.40. The molecule has 1 aliphatic heterocycles. The Bertz CT molecular complexity index is 235. The van der Waals surface area contributed by atoms with Crippen LogP contribution in [-0.2, 0) is 4.79 Å². The second-order valence-electron chi connectivity index (χ2n) is 3.48. The Morgan fingerprint density at radius 2 is 2.36 bits per heavy atom. The van der Waals surface area contributed by atoms with E-state index in [0.29, 0.717) is 0 Å². The number of amides is 1. The fourth-order valence-electron chi connectivity index (χ4n) is 1.55. The number of carbonyl (C=O) groups excluding carboxylic acids is 1. The zero-order valence-corrected chi connectivity index (χ0v) is 8.47. The highest BCUT2D eigenvalue weighted by Crippen LogP contribution is 2.32. The predicted molar refractivity (Wildman–Crippen MR) is 47.5 cm³/mol. The monoisotopic (exact) mass is 227 g/mol. The highest BCUT2D eigenvalue weighted by Gasteiger charge is 2.47. The number of hydrogen-bond acceptors (Lipinski definition) is 2. The van der Waals surface area contributed by atoms with Gasteiger partial charge in [-0.05, 0) is 6.92 Å². The average Bonchev–Trinajstić information content (AvgIpc) is 2.39. The van der Waals surface area contributed by atoms with Gasteiger partial charge in [0.1, 0.15) is 5.38 Å². The molecule has 0 aromatic carbocycles. The van der Waals surface area contributed by atoms with Crippen LogP contribution in [0.15, 0.2) is 0 Å². The van der Waals surface area contributed by atoms with Crippen molar-refractivity contribution in [2.24, 2.45) is 0 Å². The van der Waals surface area contributed by atoms with Crippen molar-refractivity contribution < 1.29 is 18.7 Å². The van der Waals surface area contributed by atoms with Crippen molar-refractivity contribution in [3.05, 3.63) is 0 Å². The molecule has 1 saturated heterocycles. The van der Waals surface area contributed by atoms with Crippen molar-refractivity contribution in [2.45, 2.75) is 30.7 Å². The highest BCUT2D eigenvalue weighted by atomic mass is 35.5. The van der Waals surface area contributed by atoms with Crippen LogP contribution < -0.4 is 0 Å². The number of aliphatic hydroxyl groups is 1. The lowest BCUT2D eigenvalue weighted by molar-refractivity contribution is -0.133. The van der Waals surface area contributed by atoms with E-state index in [1.54, 1.807) is 0 Å². The maximum absolute atomic E-state index is 12.9. The molecule has 1 amide bonds. The Kier molecular flexibility index (Phi) is 3.32. The summed E-state index contributed by atoms with van der Waals surface area (Å²) in [5.41, 5.74) is 0. The topological polar surface area (TPSA) is 40.5 Å². The summed E-state index contributed by atoms with van der Waals surface area (Å²) < 4.78 is 25.8. The van der Waals surface area contributed by atoms with Gasteiger partial charge in [0, 0.05) is 6.42 Å². The van der Waals surface area contributed by atoms with Crippen LogP contribution in [0.1, 0.15) is 13.3 Å². The quantitative estimate of drug-likeness (QED) is 0.711. The molecule has 0 aromatic rings. The van der Waals surface area contributed by atoms with Crippen molar-refractivity contribution in [1.82, 2.24) is 4.90 Å². The molecular weight excluding hydrogens is 216 g/mol. The molecule has 0 saturated carbocycles. The Morgan fingerprint density at radius 1 is 1.79 bits per heavy atom. The van der Waals surface area contributed by atoms with Gasteiger partial charge in [0.25, 0.3) is 5.92 Å². The molecule has 82 valence electrons. The predicted octanol–water partition coefficient (Wildman–Crippen LogP) is 0.842. The van der Waals surface area contributed by atoms with Crippen LogP contribution in [0.3, 0.4) is 0 Å². The number of carbonyl (C=O) groups is 1. The maximum atomic E-state index is 12.9. The van der Waals surface area contributed by atoms with Crippen LogP contribution in [0.5, 0.6) is 0 Å². The summed E-state index contributed by atoms with van der Waals surface area (Å²) in [6.07, 6.45) is -0.487. The first kappa shape index (κ1) is 11.7.